The summed E-state index contributed by atoms with van der Waals surface area (Å²) >= 11 is 0. The van der Waals surface area contributed by atoms with E-state index in [1.165, 1.54) is 24.8 Å². The lowest BCUT2D eigenvalue weighted by Crippen LogP contribution is -2.52. The van der Waals surface area contributed by atoms with Crippen molar-refractivity contribution in [2.75, 3.05) is 31.1 Å². The second-order valence-electron chi connectivity index (χ2n) is 10.8. The maximum atomic E-state index is 13.2. The molecule has 1 N–H and O–H groups in total. The van der Waals surface area contributed by atoms with E-state index in [-0.39, 0.29) is 18.2 Å². The first-order chi connectivity index (χ1) is 18.5. The molecule has 3 saturated heterocycles. The Labute approximate surface area is 220 Å². The molecule has 0 aliphatic carbocycles. The van der Waals surface area contributed by atoms with Crippen LogP contribution in [0.4, 0.5) is 5.69 Å². The molecule has 2 aromatic heterocycles. The van der Waals surface area contributed by atoms with Crippen LogP contribution in [-0.4, -0.2) is 69.7 Å². The lowest BCUT2D eigenvalue weighted by Gasteiger charge is -2.33. The fourth-order valence-electron chi connectivity index (χ4n) is 6.17. The minimum Gasteiger partial charge on any atom is -0.370 e. The molecule has 3 amide bonds. The van der Waals surface area contributed by atoms with Crippen molar-refractivity contribution in [1.82, 2.24) is 25.1 Å². The normalized spacial score (nSPS) is 21.7. The molecule has 1 aromatic carbocycles. The Morgan fingerprint density at radius 3 is 2.55 bits per heavy atom. The van der Waals surface area contributed by atoms with Gasteiger partial charge in [0.25, 0.3) is 5.91 Å². The number of anilines is 1. The molecule has 1 atom stereocenters. The Kier molecular flexibility index (Phi) is 5.61. The summed E-state index contributed by atoms with van der Waals surface area (Å²) in [6.45, 7) is 5.45. The van der Waals surface area contributed by atoms with Crippen molar-refractivity contribution in [3.8, 4) is 11.3 Å². The van der Waals surface area contributed by atoms with Gasteiger partial charge in [-0.25, -0.2) is 4.98 Å². The highest BCUT2D eigenvalue weighted by Gasteiger charge is 2.39. The van der Waals surface area contributed by atoms with Gasteiger partial charge in [0.15, 0.2) is 0 Å². The van der Waals surface area contributed by atoms with Crippen LogP contribution in [-0.2, 0) is 22.7 Å². The van der Waals surface area contributed by atoms with Gasteiger partial charge in [-0.3, -0.25) is 29.6 Å². The Morgan fingerprint density at radius 1 is 0.947 bits per heavy atom. The number of hydrogen-bond acceptors (Lipinski definition) is 7. The highest BCUT2D eigenvalue weighted by atomic mass is 16.2. The van der Waals surface area contributed by atoms with Gasteiger partial charge in [-0.05, 0) is 74.2 Å². The summed E-state index contributed by atoms with van der Waals surface area (Å²) in [5.41, 5.74) is 7.52. The van der Waals surface area contributed by atoms with Crippen molar-refractivity contribution < 1.29 is 14.4 Å². The number of amides is 3. The number of carbonyl (C=O) groups excluding carboxylic acids is 3. The second-order valence-corrected chi connectivity index (χ2v) is 10.8. The lowest BCUT2D eigenvalue weighted by atomic mass is 10.0. The molecule has 3 aromatic rings. The number of fused-ring (bicyclic) bond motifs is 2. The molecule has 0 radical (unpaired) electrons. The number of piperidine rings is 1. The van der Waals surface area contributed by atoms with E-state index in [0.29, 0.717) is 18.5 Å². The first-order valence-corrected chi connectivity index (χ1v) is 13.6. The summed E-state index contributed by atoms with van der Waals surface area (Å²) in [6, 6.07) is 9.45. The van der Waals surface area contributed by atoms with Gasteiger partial charge in [0.05, 0.1) is 16.9 Å². The van der Waals surface area contributed by atoms with Crippen LogP contribution in [0.1, 0.15) is 53.6 Å². The fourth-order valence-corrected chi connectivity index (χ4v) is 6.17. The molecule has 7 rings (SSSR count). The van der Waals surface area contributed by atoms with Gasteiger partial charge in [-0.15, -0.1) is 0 Å². The molecule has 4 aliphatic rings. The summed E-state index contributed by atoms with van der Waals surface area (Å²) in [6.07, 6.45) is 6.14. The van der Waals surface area contributed by atoms with E-state index in [1.54, 1.807) is 4.90 Å². The minimum absolute atomic E-state index is 0.161. The van der Waals surface area contributed by atoms with Gasteiger partial charge < -0.3 is 9.80 Å². The Bertz CT molecular complexity index is 1480. The molecule has 6 heterocycles. The van der Waals surface area contributed by atoms with Gasteiger partial charge >= 0.3 is 0 Å². The number of pyridine rings is 2. The smallest absolute Gasteiger partial charge is 0.255 e. The first-order valence-electron chi connectivity index (χ1n) is 13.6. The van der Waals surface area contributed by atoms with Gasteiger partial charge in [-0.1, -0.05) is 6.07 Å². The van der Waals surface area contributed by atoms with Crippen LogP contribution in [0.15, 0.2) is 36.5 Å². The van der Waals surface area contributed by atoms with Crippen LogP contribution in [0.3, 0.4) is 0 Å². The maximum Gasteiger partial charge on any atom is 0.255 e. The summed E-state index contributed by atoms with van der Waals surface area (Å²) in [7, 11) is 0. The molecule has 1 unspecified atom stereocenters. The number of nitrogens with one attached hydrogen (secondary N) is 1. The maximum absolute atomic E-state index is 13.2. The summed E-state index contributed by atoms with van der Waals surface area (Å²) in [5, 5.41) is 2.37. The first kappa shape index (κ1) is 23.3. The van der Waals surface area contributed by atoms with Gasteiger partial charge in [0.2, 0.25) is 11.8 Å². The Balaban J connectivity index is 1.27. The zero-order valence-corrected chi connectivity index (χ0v) is 21.3. The Morgan fingerprint density at radius 2 is 1.79 bits per heavy atom. The number of rotatable bonds is 5. The number of likely N-dealkylation sites (tertiary alicyclic amines) is 1. The average Bonchev–Trinajstić information content (AvgIpc) is 3.51. The van der Waals surface area contributed by atoms with Gasteiger partial charge in [0, 0.05) is 49.9 Å². The molecule has 9 nitrogen and oxygen atoms in total. The number of carbonyl (C=O) groups is 3. The van der Waals surface area contributed by atoms with E-state index >= 15 is 0 Å². The summed E-state index contributed by atoms with van der Waals surface area (Å²) in [5.74, 6) is -0.834. The second kappa shape index (κ2) is 9.16. The molecule has 3 fully saturated rings. The van der Waals surface area contributed by atoms with Crippen LogP contribution in [0.5, 0.6) is 0 Å². The summed E-state index contributed by atoms with van der Waals surface area (Å²) in [4.78, 5) is 53.6. The predicted molar refractivity (Wildman–Crippen MR) is 142 cm³/mol. The molecule has 38 heavy (non-hydrogen) atoms. The third-order valence-corrected chi connectivity index (χ3v) is 8.36. The summed E-state index contributed by atoms with van der Waals surface area (Å²) < 4.78 is 0. The van der Waals surface area contributed by atoms with Crippen LogP contribution in [0.25, 0.3) is 22.3 Å². The Hall–Kier alpha value is -3.85. The largest absolute Gasteiger partial charge is 0.370 e. The van der Waals surface area contributed by atoms with E-state index in [9.17, 15) is 14.4 Å². The van der Waals surface area contributed by atoms with Crippen molar-refractivity contribution in [1.29, 1.82) is 0 Å². The lowest BCUT2D eigenvalue weighted by molar-refractivity contribution is -0.136. The van der Waals surface area contributed by atoms with Crippen molar-refractivity contribution in [3.05, 3.63) is 53.2 Å². The van der Waals surface area contributed by atoms with E-state index in [1.807, 2.05) is 24.4 Å². The molecule has 4 aliphatic heterocycles. The quantitative estimate of drug-likeness (QED) is 0.527. The highest BCUT2D eigenvalue weighted by molar-refractivity contribution is 6.05. The molecule has 9 heteroatoms. The van der Waals surface area contributed by atoms with Crippen molar-refractivity contribution >= 4 is 34.4 Å². The van der Waals surface area contributed by atoms with Crippen LogP contribution in [0, 0.1) is 0 Å². The average molecular weight is 511 g/mol. The molecule has 0 saturated carbocycles. The third-order valence-electron chi connectivity index (χ3n) is 8.36. The van der Waals surface area contributed by atoms with Gasteiger partial charge in [-0.2, -0.15) is 0 Å². The van der Waals surface area contributed by atoms with Crippen molar-refractivity contribution in [2.24, 2.45) is 0 Å². The van der Waals surface area contributed by atoms with Crippen LogP contribution >= 0.6 is 0 Å². The number of hydrogen-bond donors (Lipinski definition) is 1. The van der Waals surface area contributed by atoms with E-state index in [2.05, 4.69) is 27.2 Å². The van der Waals surface area contributed by atoms with Crippen molar-refractivity contribution in [2.45, 2.75) is 51.2 Å². The standard InChI is InChI=1S/C29H30N6O3/c36-25-7-6-24(28(37)32-25)35-17-19-14-18(4-5-21(19)29(35)38)22-15-20(16-33-10-1-2-11-33)26-27(31-22)23(8-9-30-26)34-12-3-13-34/h4-5,8-9,14-15,24H,1-3,6-7,10-13,16-17H2,(H,32,36,37). The number of benzene rings is 1. The minimum atomic E-state index is -0.618. The third kappa shape index (κ3) is 3.93. The molecule has 0 spiro atoms. The number of imide groups is 1. The molecule has 0 bridgehead atoms. The molecule has 194 valence electrons. The molecular weight excluding hydrogens is 480 g/mol. The van der Waals surface area contributed by atoms with Gasteiger partial charge in [0.1, 0.15) is 11.6 Å². The zero-order valence-electron chi connectivity index (χ0n) is 21.3. The SMILES string of the molecule is O=C1CCC(N2Cc3cc(-c4cc(CN5CCCC5)c5nccc(N6CCC6)c5n4)ccc3C2=O)C(=O)N1. The number of nitrogens with zero attached hydrogens (tertiary/aromatic N) is 5. The van der Waals surface area contributed by atoms with Crippen LogP contribution in [0.2, 0.25) is 0 Å². The monoisotopic (exact) mass is 510 g/mol. The van der Waals surface area contributed by atoms with Crippen LogP contribution < -0.4 is 10.2 Å². The van der Waals surface area contributed by atoms with E-state index in [4.69, 9.17) is 9.97 Å². The fraction of sp³-hybridized carbons (Fsp3) is 0.414. The molecular formula is C29H30N6O3. The predicted octanol–water partition coefficient (Wildman–Crippen LogP) is 2.86. The number of aromatic nitrogens is 2. The van der Waals surface area contributed by atoms with Crippen molar-refractivity contribution in [3.63, 3.8) is 0 Å². The highest BCUT2D eigenvalue weighted by Crippen LogP contribution is 2.35. The van der Waals surface area contributed by atoms with E-state index in [0.717, 1.165) is 66.3 Å². The van der Waals surface area contributed by atoms with E-state index < -0.39 is 11.9 Å². The zero-order chi connectivity index (χ0) is 25.8. The topological polar surface area (TPSA) is 98.7 Å².